The highest BCUT2D eigenvalue weighted by Crippen LogP contribution is 2.19. The van der Waals surface area contributed by atoms with Gasteiger partial charge in [0.1, 0.15) is 0 Å². The van der Waals surface area contributed by atoms with E-state index >= 15 is 0 Å². The topological polar surface area (TPSA) is 24.1 Å². The Balaban J connectivity index is 2.05. The maximum absolute atomic E-state index is 5.36. The quantitative estimate of drug-likeness (QED) is 0.782. The smallest absolute Gasteiger partial charge is 0.175 e. The van der Waals surface area contributed by atoms with Gasteiger partial charge in [-0.1, -0.05) is 44.2 Å². The fourth-order valence-corrected chi connectivity index (χ4v) is 2.20. The lowest BCUT2D eigenvalue weighted by Gasteiger charge is -2.14. The molecule has 0 aliphatic rings. The summed E-state index contributed by atoms with van der Waals surface area (Å²) in [7, 11) is 0. The number of thiocarbonyl (C=S) groups is 1. The van der Waals surface area contributed by atoms with Crippen molar-refractivity contribution in [2.24, 2.45) is 0 Å². The van der Waals surface area contributed by atoms with Gasteiger partial charge in [-0.15, -0.1) is 0 Å². The van der Waals surface area contributed by atoms with E-state index in [1.165, 1.54) is 11.1 Å². The molecular weight excluding hydrogens is 264 g/mol. The van der Waals surface area contributed by atoms with Crippen molar-refractivity contribution in [3.05, 3.63) is 59.7 Å². The highest BCUT2D eigenvalue weighted by atomic mass is 32.1. The predicted molar refractivity (Wildman–Crippen MR) is 91.6 cm³/mol. The SMILES string of the molecule is Cc1ccccc1NC(=S)Nc1cccc(C(C)C)c1. The number of hydrogen-bond acceptors (Lipinski definition) is 1. The first kappa shape index (κ1) is 14.5. The number of para-hydroxylation sites is 1. The summed E-state index contributed by atoms with van der Waals surface area (Å²) < 4.78 is 0. The third-order valence-electron chi connectivity index (χ3n) is 3.20. The first-order valence-corrected chi connectivity index (χ1v) is 7.20. The van der Waals surface area contributed by atoms with E-state index < -0.39 is 0 Å². The van der Waals surface area contributed by atoms with Gasteiger partial charge in [0, 0.05) is 11.4 Å². The Morgan fingerprint density at radius 3 is 2.45 bits per heavy atom. The van der Waals surface area contributed by atoms with Gasteiger partial charge < -0.3 is 10.6 Å². The number of aryl methyl sites for hydroxylation is 1. The Kier molecular flexibility index (Phi) is 4.74. The molecule has 0 amide bonds. The number of hydrogen-bond donors (Lipinski definition) is 2. The van der Waals surface area contributed by atoms with Gasteiger partial charge in [0.2, 0.25) is 0 Å². The van der Waals surface area contributed by atoms with E-state index in [4.69, 9.17) is 12.2 Å². The second-order valence-corrected chi connectivity index (χ2v) is 5.58. The first-order valence-electron chi connectivity index (χ1n) is 6.80. The van der Waals surface area contributed by atoms with Crippen molar-refractivity contribution >= 4 is 28.7 Å². The molecule has 2 nitrogen and oxygen atoms in total. The molecule has 0 radical (unpaired) electrons. The molecule has 0 atom stereocenters. The third kappa shape index (κ3) is 3.81. The van der Waals surface area contributed by atoms with E-state index in [1.807, 2.05) is 30.3 Å². The minimum absolute atomic E-state index is 0.509. The van der Waals surface area contributed by atoms with Gasteiger partial charge >= 0.3 is 0 Å². The maximum atomic E-state index is 5.36. The lowest BCUT2D eigenvalue weighted by molar-refractivity contribution is 0.867. The fraction of sp³-hybridized carbons (Fsp3) is 0.235. The first-order chi connectivity index (χ1) is 9.56. The second kappa shape index (κ2) is 6.53. The summed E-state index contributed by atoms with van der Waals surface area (Å²) in [5.41, 5.74) is 4.52. The van der Waals surface area contributed by atoms with Crippen molar-refractivity contribution in [2.75, 3.05) is 10.6 Å². The van der Waals surface area contributed by atoms with Crippen molar-refractivity contribution < 1.29 is 0 Å². The summed E-state index contributed by atoms with van der Waals surface area (Å²) in [6.45, 7) is 6.43. The van der Waals surface area contributed by atoms with Crippen molar-refractivity contribution in [3.8, 4) is 0 Å². The zero-order valence-electron chi connectivity index (χ0n) is 12.1. The molecule has 0 aliphatic heterocycles. The molecule has 0 saturated heterocycles. The van der Waals surface area contributed by atoms with Gasteiger partial charge in [0.05, 0.1) is 0 Å². The average Bonchev–Trinajstić information content (AvgIpc) is 2.41. The van der Waals surface area contributed by atoms with E-state index in [9.17, 15) is 0 Å². The largest absolute Gasteiger partial charge is 0.332 e. The standard InChI is InChI=1S/C17H20N2S/c1-12(2)14-8-6-9-15(11-14)18-17(20)19-16-10-5-4-7-13(16)3/h4-12H,1-3H3,(H2,18,19,20). The summed E-state index contributed by atoms with van der Waals surface area (Å²) >= 11 is 5.36. The molecule has 0 heterocycles. The summed E-state index contributed by atoms with van der Waals surface area (Å²) in [6.07, 6.45) is 0. The Bertz CT molecular complexity index is 605. The Morgan fingerprint density at radius 1 is 1.00 bits per heavy atom. The lowest BCUT2D eigenvalue weighted by atomic mass is 10.0. The molecule has 0 aromatic heterocycles. The Hall–Kier alpha value is -1.87. The van der Waals surface area contributed by atoms with Crippen molar-refractivity contribution in [1.82, 2.24) is 0 Å². The molecule has 2 aromatic rings. The molecule has 104 valence electrons. The molecule has 0 spiro atoms. The molecule has 0 unspecified atom stereocenters. The molecule has 20 heavy (non-hydrogen) atoms. The third-order valence-corrected chi connectivity index (χ3v) is 3.41. The summed E-state index contributed by atoms with van der Waals surface area (Å²) in [5, 5.41) is 7.07. The van der Waals surface area contributed by atoms with Crippen LogP contribution in [0.2, 0.25) is 0 Å². The van der Waals surface area contributed by atoms with Crippen LogP contribution in [-0.2, 0) is 0 Å². The highest BCUT2D eigenvalue weighted by Gasteiger charge is 2.03. The monoisotopic (exact) mass is 284 g/mol. The minimum atomic E-state index is 0.509. The van der Waals surface area contributed by atoms with Crippen LogP contribution in [0, 0.1) is 6.92 Å². The number of nitrogens with one attached hydrogen (secondary N) is 2. The van der Waals surface area contributed by atoms with Crippen LogP contribution in [0.25, 0.3) is 0 Å². The van der Waals surface area contributed by atoms with E-state index in [1.54, 1.807) is 0 Å². The molecule has 0 saturated carbocycles. The summed E-state index contributed by atoms with van der Waals surface area (Å²) in [4.78, 5) is 0. The van der Waals surface area contributed by atoms with Crippen LogP contribution in [0.1, 0.15) is 30.9 Å². The van der Waals surface area contributed by atoms with Crippen LogP contribution >= 0.6 is 12.2 Å². The Labute approximate surface area is 126 Å². The molecule has 2 N–H and O–H groups in total. The van der Waals surface area contributed by atoms with Gasteiger partial charge in [-0.2, -0.15) is 0 Å². The molecule has 3 heteroatoms. The second-order valence-electron chi connectivity index (χ2n) is 5.17. The Morgan fingerprint density at radius 2 is 1.75 bits per heavy atom. The van der Waals surface area contributed by atoms with Gasteiger partial charge in [0.25, 0.3) is 0 Å². The van der Waals surface area contributed by atoms with Gasteiger partial charge in [-0.05, 0) is 54.4 Å². The van der Waals surface area contributed by atoms with Gasteiger partial charge in [-0.3, -0.25) is 0 Å². The predicted octanol–water partition coefficient (Wildman–Crippen LogP) is 4.93. The fourth-order valence-electron chi connectivity index (χ4n) is 1.97. The normalized spacial score (nSPS) is 10.4. The summed E-state index contributed by atoms with van der Waals surface area (Å²) in [6, 6.07) is 16.4. The van der Waals surface area contributed by atoms with Crippen LogP contribution in [-0.4, -0.2) is 5.11 Å². The molecular formula is C17H20N2S. The van der Waals surface area contributed by atoms with Crippen LogP contribution in [0.5, 0.6) is 0 Å². The lowest BCUT2D eigenvalue weighted by Crippen LogP contribution is -2.19. The van der Waals surface area contributed by atoms with Crippen LogP contribution in [0.15, 0.2) is 48.5 Å². The number of anilines is 2. The molecule has 0 aliphatic carbocycles. The van der Waals surface area contributed by atoms with Crippen LogP contribution in [0.4, 0.5) is 11.4 Å². The van der Waals surface area contributed by atoms with Crippen molar-refractivity contribution in [3.63, 3.8) is 0 Å². The van der Waals surface area contributed by atoms with E-state index in [0.29, 0.717) is 11.0 Å². The average molecular weight is 284 g/mol. The molecule has 0 fully saturated rings. The number of rotatable bonds is 3. The number of benzene rings is 2. The van der Waals surface area contributed by atoms with Crippen molar-refractivity contribution in [1.29, 1.82) is 0 Å². The highest BCUT2D eigenvalue weighted by molar-refractivity contribution is 7.80. The van der Waals surface area contributed by atoms with Gasteiger partial charge in [-0.25, -0.2) is 0 Å². The van der Waals surface area contributed by atoms with Crippen LogP contribution < -0.4 is 10.6 Å². The van der Waals surface area contributed by atoms with Gasteiger partial charge in [0.15, 0.2) is 5.11 Å². The molecule has 0 bridgehead atoms. The zero-order valence-corrected chi connectivity index (χ0v) is 12.9. The van der Waals surface area contributed by atoms with E-state index in [-0.39, 0.29) is 0 Å². The van der Waals surface area contributed by atoms with Crippen molar-refractivity contribution in [2.45, 2.75) is 26.7 Å². The van der Waals surface area contributed by atoms with Crippen LogP contribution in [0.3, 0.4) is 0 Å². The van der Waals surface area contributed by atoms with E-state index in [0.717, 1.165) is 11.4 Å². The molecule has 2 rings (SSSR count). The zero-order chi connectivity index (χ0) is 14.5. The maximum Gasteiger partial charge on any atom is 0.175 e. The summed E-state index contributed by atoms with van der Waals surface area (Å²) in [5.74, 6) is 0.509. The molecule has 2 aromatic carbocycles. The minimum Gasteiger partial charge on any atom is -0.332 e. The van der Waals surface area contributed by atoms with E-state index in [2.05, 4.69) is 49.6 Å².